The topological polar surface area (TPSA) is 78.9 Å². The van der Waals surface area contributed by atoms with Crippen LogP contribution < -0.4 is 14.4 Å². The molecule has 28 heavy (non-hydrogen) atoms. The summed E-state index contributed by atoms with van der Waals surface area (Å²) >= 11 is 0. The first-order valence-electron chi connectivity index (χ1n) is 10.0. The van der Waals surface area contributed by atoms with Gasteiger partial charge in [-0.1, -0.05) is 13.3 Å². The molecule has 1 amide bonds. The molecule has 0 aromatic heterocycles. The fourth-order valence-corrected chi connectivity index (χ4v) is 3.73. The summed E-state index contributed by atoms with van der Waals surface area (Å²) in [5.74, 6) is 0.430. The molecule has 2 rings (SSSR count). The van der Waals surface area contributed by atoms with Gasteiger partial charge in [0.15, 0.2) is 6.10 Å². The van der Waals surface area contributed by atoms with Crippen molar-refractivity contribution in [3.63, 3.8) is 0 Å². The standard InChI is InChI=1S/C20H33N3O4S/c1-4-19(20(24)21-13-8-16-23-14-6-5-7-15-23)27-18-11-9-17(10-12-18)22(2)28(3,25)26/h9-12,19H,4-8,13-16H2,1-3H3,(H,21,24)/t19-/m1/s1. The van der Waals surface area contributed by atoms with E-state index < -0.39 is 16.1 Å². The number of sulfonamides is 1. The number of carbonyl (C=O) groups excluding carboxylic acids is 1. The molecule has 0 saturated carbocycles. The number of piperidine rings is 1. The van der Waals surface area contributed by atoms with Gasteiger partial charge in [0.25, 0.3) is 5.91 Å². The zero-order chi connectivity index (χ0) is 20.6. The molecule has 7 nitrogen and oxygen atoms in total. The number of hydrogen-bond acceptors (Lipinski definition) is 5. The summed E-state index contributed by atoms with van der Waals surface area (Å²) in [6.45, 7) is 5.91. The van der Waals surface area contributed by atoms with Gasteiger partial charge in [0.2, 0.25) is 10.0 Å². The molecular weight excluding hydrogens is 378 g/mol. The lowest BCUT2D eigenvalue weighted by atomic mass is 10.1. The second-order valence-corrected chi connectivity index (χ2v) is 9.30. The van der Waals surface area contributed by atoms with Crippen LogP contribution in [0.25, 0.3) is 0 Å². The Hall–Kier alpha value is -1.80. The van der Waals surface area contributed by atoms with Gasteiger partial charge in [-0.3, -0.25) is 9.10 Å². The third-order valence-electron chi connectivity index (χ3n) is 5.04. The maximum absolute atomic E-state index is 12.4. The van der Waals surface area contributed by atoms with E-state index in [1.54, 1.807) is 24.3 Å². The Labute approximate surface area is 169 Å². The van der Waals surface area contributed by atoms with E-state index in [0.717, 1.165) is 19.2 Å². The highest BCUT2D eigenvalue weighted by Crippen LogP contribution is 2.21. The molecule has 0 aliphatic carbocycles. The van der Waals surface area contributed by atoms with Gasteiger partial charge >= 0.3 is 0 Å². The summed E-state index contributed by atoms with van der Waals surface area (Å²) in [6, 6.07) is 6.70. The van der Waals surface area contributed by atoms with Gasteiger partial charge in [0.1, 0.15) is 5.75 Å². The van der Waals surface area contributed by atoms with Gasteiger partial charge in [-0.2, -0.15) is 0 Å². The Balaban J connectivity index is 1.79. The van der Waals surface area contributed by atoms with Crippen molar-refractivity contribution >= 4 is 21.6 Å². The summed E-state index contributed by atoms with van der Waals surface area (Å²) in [7, 11) is -1.81. The molecule has 1 fully saturated rings. The number of benzene rings is 1. The third kappa shape index (κ3) is 6.98. The first kappa shape index (κ1) is 22.5. The van der Waals surface area contributed by atoms with Gasteiger partial charge in [0, 0.05) is 13.6 Å². The molecule has 1 N–H and O–H groups in total. The van der Waals surface area contributed by atoms with Crippen LogP contribution in [0.15, 0.2) is 24.3 Å². The Bertz CT molecular complexity index is 715. The monoisotopic (exact) mass is 411 g/mol. The van der Waals surface area contributed by atoms with Crippen LogP contribution in [0.2, 0.25) is 0 Å². The SMILES string of the molecule is CC[C@@H](Oc1ccc(N(C)S(C)(=O)=O)cc1)C(=O)NCCCN1CCCCC1. The Morgan fingerprint density at radius 1 is 1.21 bits per heavy atom. The van der Waals surface area contributed by atoms with Crippen molar-refractivity contribution in [2.75, 3.05) is 43.8 Å². The average molecular weight is 412 g/mol. The Morgan fingerprint density at radius 2 is 1.86 bits per heavy atom. The molecule has 0 radical (unpaired) electrons. The highest BCUT2D eigenvalue weighted by atomic mass is 32.2. The smallest absolute Gasteiger partial charge is 0.261 e. The van der Waals surface area contributed by atoms with Crippen LogP contribution in [0.3, 0.4) is 0 Å². The number of rotatable bonds is 10. The maximum atomic E-state index is 12.4. The lowest BCUT2D eigenvalue weighted by Crippen LogP contribution is -2.39. The Kier molecular flexibility index (Phi) is 8.57. The number of amides is 1. The van der Waals surface area contributed by atoms with Crippen LogP contribution in [-0.4, -0.2) is 64.8 Å². The van der Waals surface area contributed by atoms with Gasteiger partial charge in [0.05, 0.1) is 11.9 Å². The number of hydrogen-bond donors (Lipinski definition) is 1. The maximum Gasteiger partial charge on any atom is 0.261 e. The molecule has 1 aromatic carbocycles. The minimum atomic E-state index is -3.31. The zero-order valence-corrected chi connectivity index (χ0v) is 18.0. The lowest BCUT2D eigenvalue weighted by molar-refractivity contribution is -0.128. The van der Waals surface area contributed by atoms with Crippen LogP contribution in [0.4, 0.5) is 5.69 Å². The number of nitrogens with zero attached hydrogens (tertiary/aromatic N) is 2. The third-order valence-corrected chi connectivity index (χ3v) is 6.24. The highest BCUT2D eigenvalue weighted by Gasteiger charge is 2.19. The van der Waals surface area contributed by atoms with Crippen molar-refractivity contribution in [3.05, 3.63) is 24.3 Å². The summed E-state index contributed by atoms with van der Waals surface area (Å²) in [5.41, 5.74) is 0.546. The molecule has 1 aliphatic rings. The van der Waals surface area contributed by atoms with Crippen molar-refractivity contribution < 1.29 is 17.9 Å². The Morgan fingerprint density at radius 3 is 2.43 bits per heavy atom. The molecule has 1 aromatic rings. The number of anilines is 1. The van der Waals surface area contributed by atoms with E-state index in [2.05, 4.69) is 10.2 Å². The van der Waals surface area contributed by atoms with Crippen LogP contribution in [0.1, 0.15) is 39.0 Å². The van der Waals surface area contributed by atoms with Crippen molar-refractivity contribution in [2.24, 2.45) is 0 Å². The van der Waals surface area contributed by atoms with Crippen molar-refractivity contribution in [1.29, 1.82) is 0 Å². The van der Waals surface area contributed by atoms with Crippen molar-refractivity contribution in [3.8, 4) is 5.75 Å². The van der Waals surface area contributed by atoms with Gasteiger partial charge < -0.3 is 15.0 Å². The van der Waals surface area contributed by atoms with Gasteiger partial charge in [-0.15, -0.1) is 0 Å². The largest absolute Gasteiger partial charge is 0.481 e. The van der Waals surface area contributed by atoms with E-state index in [9.17, 15) is 13.2 Å². The number of carbonyl (C=O) groups is 1. The van der Waals surface area contributed by atoms with E-state index in [4.69, 9.17) is 4.74 Å². The highest BCUT2D eigenvalue weighted by molar-refractivity contribution is 7.92. The van der Waals surface area contributed by atoms with Crippen LogP contribution in [0, 0.1) is 0 Å². The van der Waals surface area contributed by atoms with E-state index in [1.165, 1.54) is 43.7 Å². The van der Waals surface area contributed by atoms with Crippen molar-refractivity contribution in [2.45, 2.75) is 45.1 Å². The van der Waals surface area contributed by atoms with E-state index in [0.29, 0.717) is 24.4 Å². The molecular formula is C20H33N3O4S. The van der Waals surface area contributed by atoms with E-state index >= 15 is 0 Å². The molecule has 0 unspecified atom stereocenters. The zero-order valence-electron chi connectivity index (χ0n) is 17.2. The first-order valence-corrected chi connectivity index (χ1v) is 11.9. The first-order chi connectivity index (χ1) is 13.3. The summed E-state index contributed by atoms with van der Waals surface area (Å²) in [5, 5.41) is 2.96. The summed E-state index contributed by atoms with van der Waals surface area (Å²) in [4.78, 5) is 14.9. The van der Waals surface area contributed by atoms with E-state index in [-0.39, 0.29) is 5.91 Å². The predicted octanol–water partition coefficient (Wildman–Crippen LogP) is 2.23. The molecule has 1 saturated heterocycles. The second kappa shape index (κ2) is 10.7. The van der Waals surface area contributed by atoms with Crippen LogP contribution >= 0.6 is 0 Å². The quantitative estimate of drug-likeness (QED) is 0.598. The van der Waals surface area contributed by atoms with E-state index in [1.807, 2.05) is 6.92 Å². The number of likely N-dealkylation sites (tertiary alicyclic amines) is 1. The fraction of sp³-hybridized carbons (Fsp3) is 0.650. The summed E-state index contributed by atoms with van der Waals surface area (Å²) in [6.07, 6.45) is 5.97. The number of nitrogens with one attached hydrogen (secondary N) is 1. The average Bonchev–Trinajstić information content (AvgIpc) is 2.69. The normalized spacial score (nSPS) is 16.4. The molecule has 158 valence electrons. The van der Waals surface area contributed by atoms with Gasteiger partial charge in [-0.05, 0) is 69.6 Å². The molecule has 1 atom stereocenters. The minimum Gasteiger partial charge on any atom is -0.481 e. The summed E-state index contributed by atoms with van der Waals surface area (Å²) < 4.78 is 30.2. The van der Waals surface area contributed by atoms with Crippen LogP contribution in [-0.2, 0) is 14.8 Å². The van der Waals surface area contributed by atoms with Crippen LogP contribution in [0.5, 0.6) is 5.75 Å². The molecule has 1 aliphatic heterocycles. The lowest BCUT2D eigenvalue weighted by Gasteiger charge is -2.26. The number of ether oxygens (including phenoxy) is 1. The second-order valence-electron chi connectivity index (χ2n) is 7.29. The fourth-order valence-electron chi connectivity index (χ4n) is 3.22. The molecule has 8 heteroatoms. The molecule has 1 heterocycles. The predicted molar refractivity (Wildman–Crippen MR) is 112 cm³/mol. The molecule has 0 bridgehead atoms. The van der Waals surface area contributed by atoms with Gasteiger partial charge in [-0.25, -0.2) is 8.42 Å². The van der Waals surface area contributed by atoms with Crippen molar-refractivity contribution in [1.82, 2.24) is 10.2 Å². The minimum absolute atomic E-state index is 0.113. The molecule has 0 spiro atoms.